The lowest BCUT2D eigenvalue weighted by Gasteiger charge is -2.12. The zero-order valence-corrected chi connectivity index (χ0v) is 20.5. The number of carbonyl (C=O) groups excluding carboxylic acids is 2. The van der Waals surface area contributed by atoms with Gasteiger partial charge in [-0.15, -0.1) is 0 Å². The number of aryl methyl sites for hydroxylation is 5. The Labute approximate surface area is 207 Å². The van der Waals surface area contributed by atoms with Crippen LogP contribution in [-0.2, 0) is 41.7 Å². The molecule has 0 heterocycles. The summed E-state index contributed by atoms with van der Waals surface area (Å²) in [6.45, 7) is 10.8. The number of hydrogen-bond acceptors (Lipinski definition) is 4. The van der Waals surface area contributed by atoms with E-state index in [0.29, 0.717) is 17.1 Å². The molecule has 0 saturated carbocycles. The molecule has 4 heteroatoms. The third-order valence-electron chi connectivity index (χ3n) is 5.83. The van der Waals surface area contributed by atoms with Gasteiger partial charge in [0.15, 0.2) is 0 Å². The molecule has 0 atom stereocenters. The second-order valence-corrected chi connectivity index (χ2v) is 8.54. The zero-order chi connectivity index (χ0) is 25.2. The van der Waals surface area contributed by atoms with Crippen molar-refractivity contribution >= 4 is 11.9 Å². The molecule has 0 saturated heterocycles. The predicted molar refractivity (Wildman–Crippen MR) is 140 cm³/mol. The number of benzene rings is 3. The van der Waals surface area contributed by atoms with E-state index in [4.69, 9.17) is 9.47 Å². The summed E-state index contributed by atoms with van der Waals surface area (Å²) in [4.78, 5) is 23.0. The lowest BCUT2D eigenvalue weighted by molar-refractivity contribution is -0.130. The number of hydrogen-bond donors (Lipinski definition) is 0. The predicted octanol–water partition coefficient (Wildman–Crippen LogP) is 6.39. The van der Waals surface area contributed by atoms with Crippen LogP contribution < -0.4 is 9.47 Å². The van der Waals surface area contributed by atoms with Gasteiger partial charge in [-0.3, -0.25) is 0 Å². The van der Waals surface area contributed by atoms with Crippen LogP contribution in [0.1, 0.15) is 41.7 Å². The molecule has 3 aromatic carbocycles. The van der Waals surface area contributed by atoms with Crippen LogP contribution in [-0.4, -0.2) is 11.9 Å². The minimum atomic E-state index is -0.453. The maximum atomic E-state index is 11.7. The van der Waals surface area contributed by atoms with Gasteiger partial charge < -0.3 is 9.47 Å². The van der Waals surface area contributed by atoms with Crippen molar-refractivity contribution < 1.29 is 19.1 Å². The molecule has 0 radical (unpaired) electrons. The van der Waals surface area contributed by atoms with Crippen molar-refractivity contribution in [2.45, 2.75) is 46.0 Å². The molecular formula is C31H32O4. The topological polar surface area (TPSA) is 52.6 Å². The summed E-state index contributed by atoms with van der Waals surface area (Å²) >= 11 is 0. The normalized spacial score (nSPS) is 10.5. The third-order valence-corrected chi connectivity index (χ3v) is 5.83. The summed E-state index contributed by atoms with van der Waals surface area (Å²) in [5.74, 6) is 0.203. The van der Waals surface area contributed by atoms with Gasteiger partial charge in [0, 0.05) is 11.6 Å². The highest BCUT2D eigenvalue weighted by atomic mass is 16.5. The molecule has 180 valence electrons. The fourth-order valence-corrected chi connectivity index (χ4v) is 3.78. The van der Waals surface area contributed by atoms with Gasteiger partial charge in [-0.25, -0.2) is 9.59 Å². The van der Waals surface area contributed by atoms with E-state index in [1.165, 1.54) is 27.8 Å². The van der Waals surface area contributed by atoms with E-state index < -0.39 is 11.9 Å². The fraction of sp³-hybridized carbons (Fsp3) is 0.226. The molecule has 3 aromatic rings. The fourth-order valence-electron chi connectivity index (χ4n) is 3.78. The third kappa shape index (κ3) is 7.82. The van der Waals surface area contributed by atoms with E-state index in [1.54, 1.807) is 6.92 Å². The average Bonchev–Trinajstić information content (AvgIpc) is 2.87. The van der Waals surface area contributed by atoms with Gasteiger partial charge in [-0.2, -0.15) is 0 Å². The van der Waals surface area contributed by atoms with Crippen molar-refractivity contribution in [3.8, 4) is 11.5 Å². The van der Waals surface area contributed by atoms with Crippen molar-refractivity contribution in [1.29, 1.82) is 0 Å². The van der Waals surface area contributed by atoms with Crippen LogP contribution in [0.25, 0.3) is 0 Å². The monoisotopic (exact) mass is 468 g/mol. The molecule has 0 amide bonds. The van der Waals surface area contributed by atoms with Crippen LogP contribution in [0.15, 0.2) is 91.5 Å². The number of rotatable bonds is 11. The SMILES string of the molecule is C=CC(=O)Oc1ccc(CCc2ccc(CCc3ccc(OC(=O)C(=C)C)cc3)c(CC)c2)cc1. The lowest BCUT2D eigenvalue weighted by Crippen LogP contribution is -2.08. The van der Waals surface area contributed by atoms with Crippen LogP contribution in [0.2, 0.25) is 0 Å². The molecule has 4 nitrogen and oxygen atoms in total. The van der Waals surface area contributed by atoms with Crippen LogP contribution in [0.4, 0.5) is 0 Å². The van der Waals surface area contributed by atoms with E-state index in [0.717, 1.165) is 38.2 Å². The molecule has 0 spiro atoms. The number of ether oxygens (including phenoxy) is 2. The van der Waals surface area contributed by atoms with E-state index in [9.17, 15) is 9.59 Å². The summed E-state index contributed by atoms with van der Waals surface area (Å²) in [7, 11) is 0. The summed E-state index contributed by atoms with van der Waals surface area (Å²) in [5, 5.41) is 0. The first-order valence-electron chi connectivity index (χ1n) is 11.9. The Balaban J connectivity index is 1.55. The van der Waals surface area contributed by atoms with Gasteiger partial charge in [0.25, 0.3) is 0 Å². The van der Waals surface area contributed by atoms with Gasteiger partial charge >= 0.3 is 11.9 Å². The van der Waals surface area contributed by atoms with Crippen molar-refractivity contribution in [3.05, 3.63) is 119 Å². The molecule has 3 rings (SSSR count). The molecule has 0 aliphatic rings. The Hall–Kier alpha value is -3.92. The van der Waals surface area contributed by atoms with E-state index in [2.05, 4.69) is 38.3 Å². The standard InChI is InChI=1S/C31H32O4/c1-5-26-21-25(8-7-23-11-17-28(18-12-23)34-30(32)6-2)10-16-27(26)15-9-24-13-19-29(20-14-24)35-31(33)22(3)4/h6,10-14,16-21H,2-3,5,7-9,15H2,1,4H3. The van der Waals surface area contributed by atoms with Gasteiger partial charge in [0.05, 0.1) is 0 Å². The Morgan fingerprint density at radius 2 is 1.26 bits per heavy atom. The number of esters is 2. The average molecular weight is 469 g/mol. The second kappa shape index (κ2) is 12.5. The molecular weight excluding hydrogens is 436 g/mol. The van der Waals surface area contributed by atoms with Crippen LogP contribution >= 0.6 is 0 Å². The minimum absolute atomic E-state index is 0.383. The smallest absolute Gasteiger partial charge is 0.338 e. The molecule has 0 fully saturated rings. The van der Waals surface area contributed by atoms with Gasteiger partial charge in [0.2, 0.25) is 0 Å². The Morgan fingerprint density at radius 3 is 1.80 bits per heavy atom. The maximum absolute atomic E-state index is 11.7. The van der Waals surface area contributed by atoms with Crippen molar-refractivity contribution in [1.82, 2.24) is 0 Å². The molecule has 0 N–H and O–H groups in total. The van der Waals surface area contributed by atoms with E-state index in [-0.39, 0.29) is 0 Å². The summed E-state index contributed by atoms with van der Waals surface area (Å²) in [6.07, 6.45) is 5.89. The molecule has 0 aliphatic heterocycles. The van der Waals surface area contributed by atoms with E-state index in [1.807, 2.05) is 48.5 Å². The van der Waals surface area contributed by atoms with E-state index >= 15 is 0 Å². The lowest BCUT2D eigenvalue weighted by atomic mass is 9.94. The first kappa shape index (κ1) is 25.7. The number of carbonyl (C=O) groups is 2. The molecule has 0 aliphatic carbocycles. The molecule has 0 aromatic heterocycles. The van der Waals surface area contributed by atoms with Crippen molar-refractivity contribution in [2.75, 3.05) is 0 Å². The Morgan fingerprint density at radius 1 is 0.743 bits per heavy atom. The Kier molecular flexibility index (Phi) is 9.19. The highest BCUT2D eigenvalue weighted by Crippen LogP contribution is 2.20. The summed E-state index contributed by atoms with van der Waals surface area (Å²) < 4.78 is 10.4. The van der Waals surface area contributed by atoms with Crippen LogP contribution in [0.5, 0.6) is 11.5 Å². The molecule has 0 bridgehead atoms. The van der Waals surface area contributed by atoms with Crippen LogP contribution in [0, 0.1) is 0 Å². The zero-order valence-electron chi connectivity index (χ0n) is 20.5. The first-order valence-corrected chi connectivity index (χ1v) is 11.9. The maximum Gasteiger partial charge on any atom is 0.338 e. The van der Waals surface area contributed by atoms with Crippen LogP contribution in [0.3, 0.4) is 0 Å². The van der Waals surface area contributed by atoms with Gasteiger partial charge in [-0.05, 0) is 91.1 Å². The molecule has 35 heavy (non-hydrogen) atoms. The highest BCUT2D eigenvalue weighted by Gasteiger charge is 2.07. The summed E-state index contributed by atoms with van der Waals surface area (Å²) in [6, 6.07) is 22.1. The highest BCUT2D eigenvalue weighted by molar-refractivity contribution is 5.88. The quantitative estimate of drug-likeness (QED) is 0.186. The Bertz CT molecular complexity index is 1190. The molecule has 0 unspecified atom stereocenters. The summed E-state index contributed by atoms with van der Waals surface area (Å²) in [5.41, 5.74) is 6.84. The first-order chi connectivity index (χ1) is 16.9. The minimum Gasteiger partial charge on any atom is -0.423 e. The van der Waals surface area contributed by atoms with Gasteiger partial charge in [0.1, 0.15) is 11.5 Å². The second-order valence-electron chi connectivity index (χ2n) is 8.54. The van der Waals surface area contributed by atoms with Gasteiger partial charge in [-0.1, -0.05) is 62.5 Å². The largest absolute Gasteiger partial charge is 0.423 e. The van der Waals surface area contributed by atoms with Crippen molar-refractivity contribution in [2.24, 2.45) is 0 Å². The van der Waals surface area contributed by atoms with Crippen molar-refractivity contribution in [3.63, 3.8) is 0 Å².